The monoisotopic (exact) mass is 476 g/mol. The van der Waals surface area contributed by atoms with E-state index in [-0.39, 0.29) is 0 Å². The predicted octanol–water partition coefficient (Wildman–Crippen LogP) is 8.05. The maximum absolute atomic E-state index is 5.31. The van der Waals surface area contributed by atoms with Crippen LogP contribution in [0.25, 0.3) is 66.5 Å². The third-order valence-electron chi connectivity index (χ3n) is 7.69. The zero-order chi connectivity index (χ0) is 24.7. The summed E-state index contributed by atoms with van der Waals surface area (Å²) in [5.41, 5.74) is 11.6. The number of hydrogen-bond donors (Lipinski definition) is 0. The van der Waals surface area contributed by atoms with Gasteiger partial charge in [-0.3, -0.25) is 8.97 Å². The molecule has 0 saturated carbocycles. The molecule has 0 atom stereocenters. The first-order valence-electron chi connectivity index (χ1n) is 12.6. The Kier molecular flexibility index (Phi) is 4.04. The van der Waals surface area contributed by atoms with Crippen molar-refractivity contribution in [3.8, 4) is 16.8 Å². The maximum Gasteiger partial charge on any atom is 0.220 e. The molecule has 0 spiro atoms. The molecule has 0 bridgehead atoms. The highest BCUT2D eigenvalue weighted by Gasteiger charge is 2.20. The van der Waals surface area contributed by atoms with Gasteiger partial charge in [-0.2, -0.15) is 0 Å². The van der Waals surface area contributed by atoms with Gasteiger partial charge in [-0.25, -0.2) is 4.98 Å². The quantitative estimate of drug-likeness (QED) is 0.248. The highest BCUT2D eigenvalue weighted by atomic mass is 15.2. The number of benzene rings is 5. The summed E-state index contributed by atoms with van der Waals surface area (Å²) < 4.78 is 6.85. The van der Waals surface area contributed by atoms with Crippen LogP contribution in [0.3, 0.4) is 0 Å². The van der Waals surface area contributed by atoms with Crippen LogP contribution >= 0.6 is 0 Å². The van der Waals surface area contributed by atoms with Crippen LogP contribution in [-0.4, -0.2) is 18.5 Å². The molecule has 176 valence electrons. The topological polar surface area (TPSA) is 27.2 Å². The third-order valence-corrected chi connectivity index (χ3v) is 7.69. The number of hydrogen-bond acceptors (Lipinski definition) is 1. The van der Waals surface area contributed by atoms with E-state index in [1.165, 1.54) is 32.9 Å². The van der Waals surface area contributed by atoms with Crippen molar-refractivity contribution in [3.05, 3.63) is 115 Å². The van der Waals surface area contributed by atoms with Gasteiger partial charge in [0.25, 0.3) is 0 Å². The minimum absolute atomic E-state index is 0.931. The third kappa shape index (κ3) is 2.75. The number of aromatic nitrogens is 4. The Morgan fingerprint density at radius 1 is 0.595 bits per heavy atom. The summed E-state index contributed by atoms with van der Waals surface area (Å²) in [6.45, 7) is 2.18. The number of nitrogens with zero attached hydrogens (tertiary/aromatic N) is 4. The van der Waals surface area contributed by atoms with E-state index in [0.717, 1.165) is 39.1 Å². The molecule has 8 rings (SSSR count). The molecular formula is C33H24N4. The molecule has 3 heterocycles. The molecule has 0 aliphatic carbocycles. The number of imidazole rings is 2. The molecule has 0 unspecified atom stereocenters. The Morgan fingerprint density at radius 3 is 2.14 bits per heavy atom. The average molecular weight is 477 g/mol. The van der Waals surface area contributed by atoms with Crippen LogP contribution in [0.1, 0.15) is 5.56 Å². The second-order valence-corrected chi connectivity index (χ2v) is 9.90. The summed E-state index contributed by atoms with van der Waals surface area (Å²) >= 11 is 0. The molecule has 4 nitrogen and oxygen atoms in total. The van der Waals surface area contributed by atoms with Gasteiger partial charge in [0.15, 0.2) is 0 Å². The van der Waals surface area contributed by atoms with Crippen LogP contribution in [0.15, 0.2) is 109 Å². The van der Waals surface area contributed by atoms with Crippen molar-refractivity contribution in [2.45, 2.75) is 6.92 Å². The number of rotatable bonds is 2. The van der Waals surface area contributed by atoms with E-state index in [9.17, 15) is 0 Å². The molecule has 0 N–H and O–H groups in total. The van der Waals surface area contributed by atoms with Gasteiger partial charge in [0.2, 0.25) is 5.78 Å². The van der Waals surface area contributed by atoms with Crippen molar-refractivity contribution in [2.75, 3.05) is 0 Å². The van der Waals surface area contributed by atoms with Crippen LogP contribution in [0, 0.1) is 6.92 Å². The summed E-state index contributed by atoms with van der Waals surface area (Å²) in [5, 5.41) is 2.55. The van der Waals surface area contributed by atoms with E-state index >= 15 is 0 Å². The molecule has 37 heavy (non-hydrogen) atoms. The van der Waals surface area contributed by atoms with E-state index in [4.69, 9.17) is 4.98 Å². The average Bonchev–Trinajstić information content (AvgIpc) is 3.56. The molecule has 5 aromatic carbocycles. The van der Waals surface area contributed by atoms with Crippen LogP contribution in [-0.2, 0) is 7.05 Å². The van der Waals surface area contributed by atoms with Crippen LogP contribution in [0.4, 0.5) is 0 Å². The van der Waals surface area contributed by atoms with Crippen LogP contribution in [0.5, 0.6) is 0 Å². The van der Waals surface area contributed by atoms with Crippen molar-refractivity contribution >= 4 is 49.7 Å². The fourth-order valence-electron chi connectivity index (χ4n) is 6.03. The van der Waals surface area contributed by atoms with Gasteiger partial charge >= 0.3 is 0 Å². The van der Waals surface area contributed by atoms with E-state index in [0.29, 0.717) is 0 Å². The zero-order valence-corrected chi connectivity index (χ0v) is 20.7. The molecule has 3 aromatic heterocycles. The summed E-state index contributed by atoms with van der Waals surface area (Å²) in [6, 6.07) is 39.1. The SMILES string of the molecule is Cc1cc(-c2ccc3c(c2)c2ccccc2n3C)c2nc3n(-c4ccccc4)c4ccccc4n3c2c1. The Bertz CT molecular complexity index is 2160. The van der Waals surface area contributed by atoms with Crippen molar-refractivity contribution in [2.24, 2.45) is 7.05 Å². The van der Waals surface area contributed by atoms with Crippen LogP contribution in [0.2, 0.25) is 0 Å². The van der Waals surface area contributed by atoms with Gasteiger partial charge in [-0.1, -0.05) is 54.6 Å². The van der Waals surface area contributed by atoms with E-state index in [1.54, 1.807) is 0 Å². The smallest absolute Gasteiger partial charge is 0.220 e. The Labute approximate surface area is 213 Å². The molecular weight excluding hydrogens is 452 g/mol. The minimum atomic E-state index is 0.931. The lowest BCUT2D eigenvalue weighted by molar-refractivity contribution is 1.01. The first-order chi connectivity index (χ1) is 18.2. The van der Waals surface area contributed by atoms with Gasteiger partial charge in [-0.05, 0) is 72.6 Å². The maximum atomic E-state index is 5.31. The lowest BCUT2D eigenvalue weighted by Crippen LogP contribution is -1.94. The van der Waals surface area contributed by atoms with Gasteiger partial charge in [0.05, 0.1) is 22.1 Å². The molecule has 0 radical (unpaired) electrons. The largest absolute Gasteiger partial charge is 0.344 e. The minimum Gasteiger partial charge on any atom is -0.344 e. The van der Waals surface area contributed by atoms with E-state index in [2.05, 4.69) is 137 Å². The standard InChI is InChI=1S/C33H24N4/c1-21-18-25(22-16-17-28-26(20-22)24-12-6-7-13-27(24)35(28)2)32-31(19-21)37-30-15-9-8-14-29(30)36(33(37)34-32)23-10-4-3-5-11-23/h3-20H,1-2H3. The van der Waals surface area contributed by atoms with Gasteiger partial charge in [-0.15, -0.1) is 0 Å². The summed E-state index contributed by atoms with van der Waals surface area (Å²) in [7, 11) is 2.14. The number of aryl methyl sites for hydroxylation is 2. The summed E-state index contributed by atoms with van der Waals surface area (Å²) in [5.74, 6) is 0.931. The summed E-state index contributed by atoms with van der Waals surface area (Å²) in [6.07, 6.45) is 0. The second kappa shape index (κ2) is 7.34. The van der Waals surface area contributed by atoms with Crippen molar-refractivity contribution in [1.82, 2.24) is 18.5 Å². The van der Waals surface area contributed by atoms with Crippen molar-refractivity contribution in [1.29, 1.82) is 0 Å². The highest BCUT2D eigenvalue weighted by Crippen LogP contribution is 2.37. The first-order valence-corrected chi connectivity index (χ1v) is 12.6. The summed E-state index contributed by atoms with van der Waals surface area (Å²) in [4.78, 5) is 5.31. The molecule has 0 amide bonds. The molecule has 0 aliphatic rings. The van der Waals surface area contributed by atoms with Crippen LogP contribution < -0.4 is 0 Å². The lowest BCUT2D eigenvalue weighted by atomic mass is 9.99. The number of para-hydroxylation sites is 4. The fraction of sp³-hybridized carbons (Fsp3) is 0.0606. The van der Waals surface area contributed by atoms with Gasteiger partial charge < -0.3 is 4.57 Å². The second-order valence-electron chi connectivity index (χ2n) is 9.90. The van der Waals surface area contributed by atoms with E-state index in [1.807, 2.05) is 0 Å². The highest BCUT2D eigenvalue weighted by molar-refractivity contribution is 6.10. The molecule has 4 heteroatoms. The Balaban J connectivity index is 1.48. The van der Waals surface area contributed by atoms with Crippen molar-refractivity contribution < 1.29 is 0 Å². The van der Waals surface area contributed by atoms with Crippen molar-refractivity contribution in [3.63, 3.8) is 0 Å². The Hall–Kier alpha value is -4.83. The Morgan fingerprint density at radius 2 is 1.30 bits per heavy atom. The number of fused-ring (bicyclic) bond motifs is 8. The van der Waals surface area contributed by atoms with Gasteiger partial charge in [0.1, 0.15) is 0 Å². The molecule has 8 aromatic rings. The normalized spacial score (nSPS) is 12.1. The lowest BCUT2D eigenvalue weighted by Gasteiger charge is -2.07. The molecule has 0 aliphatic heterocycles. The molecule has 0 fully saturated rings. The zero-order valence-electron chi connectivity index (χ0n) is 20.7. The first kappa shape index (κ1) is 20.4. The van der Waals surface area contributed by atoms with Gasteiger partial charge in [0, 0.05) is 40.1 Å². The fourth-order valence-corrected chi connectivity index (χ4v) is 6.03. The van der Waals surface area contributed by atoms with E-state index < -0.39 is 0 Å². The molecule has 0 saturated heterocycles. The predicted molar refractivity (Wildman–Crippen MR) is 154 cm³/mol.